The Hall–Kier alpha value is 0.270. The molecule has 0 rings (SSSR count). The Labute approximate surface area is 48.5 Å². The van der Waals surface area contributed by atoms with Crippen molar-refractivity contribution >= 4 is 7.94 Å². The third-order valence-electron chi connectivity index (χ3n) is 0.789. The van der Waals surface area contributed by atoms with Gasteiger partial charge in [-0.3, -0.25) is 0 Å². The molecule has 0 aromatic carbocycles. The van der Waals surface area contributed by atoms with Gasteiger partial charge in [0.25, 0.3) is 7.94 Å². The molecule has 0 amide bonds. The van der Waals surface area contributed by atoms with Gasteiger partial charge in [0, 0.05) is 13.8 Å². The van der Waals surface area contributed by atoms with Crippen LogP contribution in [0.3, 0.4) is 0 Å². The van der Waals surface area contributed by atoms with Crippen LogP contribution < -0.4 is 10.6 Å². The summed E-state index contributed by atoms with van der Waals surface area (Å²) in [6.45, 7) is 2.79. The lowest BCUT2D eigenvalue weighted by atomic mass is 10.4. The molecule has 0 aliphatic heterocycles. The lowest BCUT2D eigenvalue weighted by Gasteiger charge is -2.24. The van der Waals surface area contributed by atoms with Crippen molar-refractivity contribution in [3.05, 3.63) is 0 Å². The quantitative estimate of drug-likeness (QED) is 0.370. The molecule has 0 heterocycles. The predicted molar refractivity (Wildman–Crippen MR) is 28.3 cm³/mol. The highest BCUT2D eigenvalue weighted by atomic mass is 31.2. The monoisotopic (exact) mass is 140 g/mol. The summed E-state index contributed by atoms with van der Waals surface area (Å²) >= 11 is 0. The topological polar surface area (TPSA) is 91.2 Å². The van der Waals surface area contributed by atoms with Crippen molar-refractivity contribution in [3.63, 3.8) is 0 Å². The van der Waals surface area contributed by atoms with Crippen molar-refractivity contribution < 1.29 is 20.4 Å². The summed E-state index contributed by atoms with van der Waals surface area (Å²) in [5, 5.41) is -1.15. The van der Waals surface area contributed by atoms with Crippen LogP contribution >= 0.6 is 7.94 Å². The summed E-state index contributed by atoms with van der Waals surface area (Å²) in [5.74, 6) is 0. The maximum atomic E-state index is 10.3. The first-order chi connectivity index (χ1) is 3.25. The van der Waals surface area contributed by atoms with E-state index in [1.165, 1.54) is 13.8 Å². The van der Waals surface area contributed by atoms with Crippen LogP contribution in [0.2, 0.25) is 0 Å². The van der Waals surface area contributed by atoms with Gasteiger partial charge in [-0.1, -0.05) is 0 Å². The average Bonchev–Trinajstić information content (AvgIpc) is 1.25. The largest absolute Gasteiger partial charge is 0.627 e. The minimum Gasteiger partial charge on any atom is -0.627 e. The van der Waals surface area contributed by atoms with Crippen molar-refractivity contribution in [1.82, 2.24) is 0 Å². The normalized spacial score (nSPS) is 14.2. The molecule has 0 fully saturated rings. The zero-order chi connectivity index (χ0) is 7.00. The second kappa shape index (κ2) is 1.90. The summed E-state index contributed by atoms with van der Waals surface area (Å²) < 4.78 is 0. The summed E-state index contributed by atoms with van der Waals surface area (Å²) in [5.41, 5.74) is 3.28. The van der Waals surface area contributed by atoms with E-state index in [-0.39, 0.29) is 0 Å². The fourth-order valence-electron chi connectivity index (χ4n) is 0. The van der Waals surface area contributed by atoms with E-state index < -0.39 is 13.2 Å². The molecule has 0 saturated heterocycles. The number of quaternary nitrogens is 1. The van der Waals surface area contributed by atoms with Gasteiger partial charge in [0.1, 0.15) is 0 Å². The van der Waals surface area contributed by atoms with Gasteiger partial charge >= 0.3 is 0 Å². The summed E-state index contributed by atoms with van der Waals surface area (Å²) in [4.78, 5) is 27.1. The molecule has 4 nitrogen and oxygen atoms in total. The van der Waals surface area contributed by atoms with Gasteiger partial charge < -0.3 is 10.6 Å². The van der Waals surface area contributed by atoms with Gasteiger partial charge in [-0.05, 0) is 0 Å². The van der Waals surface area contributed by atoms with E-state index in [0.717, 1.165) is 0 Å². The zero-order valence-corrected chi connectivity index (χ0v) is 5.85. The fourth-order valence-corrected chi connectivity index (χ4v) is 0. The first-order valence-electron chi connectivity index (χ1n) is 2.16. The lowest BCUT2D eigenvalue weighted by Crippen LogP contribution is -2.71. The Morgan fingerprint density at radius 1 is 1.50 bits per heavy atom. The molecule has 8 heavy (non-hydrogen) atoms. The van der Waals surface area contributed by atoms with Crippen LogP contribution in [0.5, 0.6) is 0 Å². The molecule has 0 aromatic heterocycles. The third-order valence-corrected chi connectivity index (χ3v) is 2.37. The standard InChI is InChI=1S/C3H10NO3P/c1-3(2,4)8(5,6)7/h4H2,1-2H3,(H2,5,6,7)/p+1. The highest BCUT2D eigenvalue weighted by Crippen LogP contribution is 2.48. The van der Waals surface area contributed by atoms with Crippen LogP contribution in [0.1, 0.15) is 13.8 Å². The molecule has 0 aliphatic rings. The van der Waals surface area contributed by atoms with Gasteiger partial charge in [0.2, 0.25) is 5.28 Å². The van der Waals surface area contributed by atoms with Crippen LogP contribution in [0.4, 0.5) is 0 Å². The molecule has 50 valence electrons. The highest BCUT2D eigenvalue weighted by Gasteiger charge is 2.42. The van der Waals surface area contributed by atoms with E-state index >= 15 is 0 Å². The van der Waals surface area contributed by atoms with Crippen LogP contribution in [0.15, 0.2) is 0 Å². The molecule has 5 heteroatoms. The van der Waals surface area contributed by atoms with E-state index in [2.05, 4.69) is 5.73 Å². The van der Waals surface area contributed by atoms with Gasteiger partial charge in [-0.15, -0.1) is 0 Å². The Morgan fingerprint density at radius 2 is 1.62 bits per heavy atom. The molecule has 0 aromatic rings. The van der Waals surface area contributed by atoms with Crippen LogP contribution in [-0.4, -0.2) is 15.1 Å². The van der Waals surface area contributed by atoms with Crippen LogP contribution in [0, 0.1) is 0 Å². The molecular formula is C3H11NO3P+. The lowest BCUT2D eigenvalue weighted by molar-refractivity contribution is -0.449. The van der Waals surface area contributed by atoms with Crippen LogP contribution in [0.25, 0.3) is 0 Å². The first kappa shape index (κ1) is 8.27. The van der Waals surface area contributed by atoms with Crippen molar-refractivity contribution in [3.8, 4) is 0 Å². The molecule has 0 aliphatic carbocycles. The smallest absolute Gasteiger partial charge is 0.291 e. The Balaban J connectivity index is 4.02. The second-order valence-corrected chi connectivity index (χ2v) is 4.66. The van der Waals surface area contributed by atoms with Crippen molar-refractivity contribution in [2.75, 3.05) is 0 Å². The SMILES string of the molecule is CC(C)([NH3+])[P+]([O-])(O)O. The van der Waals surface area contributed by atoms with Crippen LogP contribution in [-0.2, 0) is 0 Å². The Morgan fingerprint density at radius 3 is 1.62 bits per heavy atom. The molecule has 0 atom stereocenters. The minimum atomic E-state index is -3.96. The third kappa shape index (κ3) is 2.03. The van der Waals surface area contributed by atoms with Gasteiger partial charge in [-0.25, -0.2) is 9.79 Å². The maximum absolute atomic E-state index is 10.3. The highest BCUT2D eigenvalue weighted by molar-refractivity contribution is 7.58. The number of hydrogen-bond acceptors (Lipinski definition) is 3. The average molecular weight is 140 g/mol. The van der Waals surface area contributed by atoms with Gasteiger partial charge in [-0.2, -0.15) is 0 Å². The summed E-state index contributed by atoms with van der Waals surface area (Å²) in [7, 11) is -3.96. The van der Waals surface area contributed by atoms with Crippen molar-refractivity contribution in [2.24, 2.45) is 0 Å². The maximum Gasteiger partial charge on any atom is 0.291 e. The zero-order valence-electron chi connectivity index (χ0n) is 4.96. The molecule has 0 saturated carbocycles. The van der Waals surface area contributed by atoms with Crippen molar-refractivity contribution in [1.29, 1.82) is 0 Å². The van der Waals surface area contributed by atoms with Gasteiger partial charge in [0.05, 0.1) is 0 Å². The van der Waals surface area contributed by atoms with E-state index in [4.69, 9.17) is 9.79 Å². The number of hydrogen-bond donors (Lipinski definition) is 3. The molecule has 0 bridgehead atoms. The first-order valence-corrected chi connectivity index (χ1v) is 3.77. The molecule has 0 radical (unpaired) electrons. The van der Waals surface area contributed by atoms with E-state index in [0.29, 0.717) is 0 Å². The minimum absolute atomic E-state index is 1.15. The van der Waals surface area contributed by atoms with E-state index in [1.807, 2.05) is 0 Å². The predicted octanol–water partition coefficient (Wildman–Crippen LogP) is -1.93. The summed E-state index contributed by atoms with van der Waals surface area (Å²) in [6.07, 6.45) is 0. The van der Waals surface area contributed by atoms with E-state index in [9.17, 15) is 4.89 Å². The number of rotatable bonds is 1. The molecular weight excluding hydrogens is 129 g/mol. The Kier molecular flexibility index (Phi) is 1.96. The van der Waals surface area contributed by atoms with E-state index in [1.54, 1.807) is 0 Å². The fraction of sp³-hybridized carbons (Fsp3) is 1.00. The second-order valence-electron chi connectivity index (χ2n) is 2.36. The Bertz CT molecular complexity index is 69.5. The summed E-state index contributed by atoms with van der Waals surface area (Å²) in [6, 6.07) is 0. The van der Waals surface area contributed by atoms with Gasteiger partial charge in [0.15, 0.2) is 0 Å². The molecule has 0 spiro atoms. The molecule has 0 unspecified atom stereocenters. The molecule has 5 N–H and O–H groups in total. The van der Waals surface area contributed by atoms with Crippen molar-refractivity contribution in [2.45, 2.75) is 19.1 Å².